The molecule has 0 aliphatic rings. The second-order valence-corrected chi connectivity index (χ2v) is 8.37. The zero-order chi connectivity index (χ0) is 23.8. The molecule has 172 valence electrons. The van der Waals surface area contributed by atoms with Gasteiger partial charge in [0.2, 0.25) is 5.91 Å². The van der Waals surface area contributed by atoms with E-state index in [1.807, 2.05) is 80.6 Å². The van der Waals surface area contributed by atoms with E-state index in [-0.39, 0.29) is 25.0 Å². The van der Waals surface area contributed by atoms with Gasteiger partial charge in [0.25, 0.3) is 5.91 Å². The molecule has 3 aromatic rings. The van der Waals surface area contributed by atoms with Gasteiger partial charge in [-0.15, -0.1) is 0 Å². The first-order valence-electron chi connectivity index (χ1n) is 10.9. The molecule has 0 radical (unpaired) electrons. The van der Waals surface area contributed by atoms with Crippen LogP contribution in [0, 0.1) is 13.8 Å². The molecule has 3 rings (SSSR count). The Morgan fingerprint density at radius 3 is 2.33 bits per heavy atom. The molecule has 6 heteroatoms. The summed E-state index contributed by atoms with van der Waals surface area (Å²) in [6.07, 6.45) is 0.375. The lowest BCUT2D eigenvalue weighted by Gasteiger charge is -2.31. The maximum atomic E-state index is 13.4. The van der Waals surface area contributed by atoms with Crippen molar-refractivity contribution in [2.75, 3.05) is 13.7 Å². The molecule has 0 heterocycles. The van der Waals surface area contributed by atoms with Gasteiger partial charge >= 0.3 is 0 Å². The smallest absolute Gasteiger partial charge is 0.261 e. The standard InChI is InChI=1S/C27H29ClN2O3/c1-19-13-14-23(15-20(19)2)33-18-26(31)30(17-22-11-7-8-12-24(22)28)25(27(32)29-3)16-21-9-5-4-6-10-21/h4-15,25H,16-18H2,1-3H3,(H,29,32). The molecule has 0 aromatic heterocycles. The van der Waals surface area contributed by atoms with Crippen LogP contribution in [0.4, 0.5) is 0 Å². The summed E-state index contributed by atoms with van der Waals surface area (Å²) in [5.74, 6) is 0.0758. The summed E-state index contributed by atoms with van der Waals surface area (Å²) in [4.78, 5) is 27.9. The Labute approximate surface area is 200 Å². The van der Waals surface area contributed by atoms with Crippen LogP contribution in [-0.2, 0) is 22.6 Å². The van der Waals surface area contributed by atoms with Crippen LogP contribution in [0.25, 0.3) is 0 Å². The van der Waals surface area contributed by atoms with Gasteiger partial charge in [0.15, 0.2) is 6.61 Å². The van der Waals surface area contributed by atoms with Crippen molar-refractivity contribution in [2.24, 2.45) is 0 Å². The van der Waals surface area contributed by atoms with Crippen molar-refractivity contribution in [2.45, 2.75) is 32.9 Å². The van der Waals surface area contributed by atoms with E-state index in [0.29, 0.717) is 17.2 Å². The molecular weight excluding hydrogens is 436 g/mol. The van der Waals surface area contributed by atoms with Crippen LogP contribution >= 0.6 is 11.6 Å². The molecule has 0 saturated carbocycles. The topological polar surface area (TPSA) is 58.6 Å². The molecule has 33 heavy (non-hydrogen) atoms. The summed E-state index contributed by atoms with van der Waals surface area (Å²) in [7, 11) is 1.57. The predicted octanol–water partition coefficient (Wildman–Crippen LogP) is 4.72. The van der Waals surface area contributed by atoms with E-state index in [9.17, 15) is 9.59 Å². The van der Waals surface area contributed by atoms with Gasteiger partial charge in [-0.1, -0.05) is 66.2 Å². The minimum absolute atomic E-state index is 0.185. The van der Waals surface area contributed by atoms with Gasteiger partial charge in [0.1, 0.15) is 11.8 Å². The number of carbonyl (C=O) groups excluding carboxylic acids is 2. The normalized spacial score (nSPS) is 11.5. The summed E-state index contributed by atoms with van der Waals surface area (Å²) in [5.41, 5.74) is 3.95. The Bertz CT molecular complexity index is 1100. The maximum Gasteiger partial charge on any atom is 0.261 e. The molecule has 1 N–H and O–H groups in total. The highest BCUT2D eigenvalue weighted by atomic mass is 35.5. The number of nitrogens with zero attached hydrogens (tertiary/aromatic N) is 1. The van der Waals surface area contributed by atoms with Crippen LogP contribution in [0.2, 0.25) is 5.02 Å². The molecule has 0 bridgehead atoms. The van der Waals surface area contributed by atoms with E-state index in [1.54, 1.807) is 18.0 Å². The predicted molar refractivity (Wildman–Crippen MR) is 131 cm³/mol. The number of nitrogens with one attached hydrogen (secondary N) is 1. The third-order valence-electron chi connectivity index (χ3n) is 5.66. The molecule has 1 atom stereocenters. The molecule has 2 amide bonds. The first-order valence-corrected chi connectivity index (χ1v) is 11.2. The first kappa shape index (κ1) is 24.3. The fraction of sp³-hybridized carbons (Fsp3) is 0.259. The monoisotopic (exact) mass is 464 g/mol. The summed E-state index contributed by atoms with van der Waals surface area (Å²) in [6, 6.07) is 22.0. The number of hydrogen-bond donors (Lipinski definition) is 1. The minimum atomic E-state index is -0.718. The van der Waals surface area contributed by atoms with Gasteiger partial charge in [-0.05, 0) is 54.3 Å². The fourth-order valence-corrected chi connectivity index (χ4v) is 3.76. The first-order chi connectivity index (χ1) is 15.9. The number of benzene rings is 3. The van der Waals surface area contributed by atoms with Gasteiger partial charge in [0, 0.05) is 25.0 Å². The summed E-state index contributed by atoms with van der Waals surface area (Å²) < 4.78 is 5.81. The van der Waals surface area contributed by atoms with Crippen molar-refractivity contribution < 1.29 is 14.3 Å². The lowest BCUT2D eigenvalue weighted by molar-refractivity contribution is -0.142. The molecule has 0 aliphatic carbocycles. The van der Waals surface area contributed by atoms with Crippen LogP contribution in [0.15, 0.2) is 72.8 Å². The number of rotatable bonds is 9. The number of halogens is 1. The van der Waals surface area contributed by atoms with Crippen LogP contribution in [0.3, 0.4) is 0 Å². The molecular formula is C27H29ClN2O3. The van der Waals surface area contributed by atoms with Crippen molar-refractivity contribution in [3.05, 3.63) is 100 Å². The number of hydrogen-bond acceptors (Lipinski definition) is 3. The fourth-order valence-electron chi connectivity index (χ4n) is 3.56. The molecule has 1 unspecified atom stereocenters. The Morgan fingerprint density at radius 2 is 1.67 bits per heavy atom. The third-order valence-corrected chi connectivity index (χ3v) is 6.03. The summed E-state index contributed by atoms with van der Waals surface area (Å²) in [6.45, 7) is 4.03. The molecule has 0 aliphatic heterocycles. The number of likely N-dealkylation sites (N-methyl/N-ethyl adjacent to an activating group) is 1. The van der Waals surface area contributed by atoms with E-state index in [0.717, 1.165) is 22.3 Å². The van der Waals surface area contributed by atoms with Crippen molar-refractivity contribution >= 4 is 23.4 Å². The van der Waals surface area contributed by atoms with E-state index in [2.05, 4.69) is 5.32 Å². The Morgan fingerprint density at radius 1 is 0.970 bits per heavy atom. The van der Waals surface area contributed by atoms with Gasteiger partial charge in [-0.3, -0.25) is 9.59 Å². The quantitative estimate of drug-likeness (QED) is 0.498. The Kier molecular flexibility index (Phi) is 8.50. The van der Waals surface area contributed by atoms with Crippen LogP contribution in [0.5, 0.6) is 5.75 Å². The summed E-state index contributed by atoms with van der Waals surface area (Å²) >= 11 is 6.39. The lowest BCUT2D eigenvalue weighted by atomic mass is 10.0. The number of ether oxygens (including phenoxy) is 1. The second kappa shape index (κ2) is 11.5. The molecule has 0 spiro atoms. The number of amides is 2. The molecule has 0 fully saturated rings. The largest absolute Gasteiger partial charge is 0.484 e. The number of aryl methyl sites for hydroxylation is 2. The van der Waals surface area contributed by atoms with Crippen molar-refractivity contribution in [1.82, 2.24) is 10.2 Å². The van der Waals surface area contributed by atoms with Crippen molar-refractivity contribution in [3.63, 3.8) is 0 Å². The highest BCUT2D eigenvalue weighted by Crippen LogP contribution is 2.21. The Balaban J connectivity index is 1.88. The van der Waals surface area contributed by atoms with Gasteiger partial charge in [-0.2, -0.15) is 0 Å². The van der Waals surface area contributed by atoms with E-state index < -0.39 is 6.04 Å². The second-order valence-electron chi connectivity index (χ2n) is 7.97. The van der Waals surface area contributed by atoms with Crippen LogP contribution < -0.4 is 10.1 Å². The van der Waals surface area contributed by atoms with Crippen LogP contribution in [-0.4, -0.2) is 36.4 Å². The molecule has 3 aromatic carbocycles. The molecule has 0 saturated heterocycles. The van der Waals surface area contributed by atoms with E-state index >= 15 is 0 Å². The van der Waals surface area contributed by atoms with Gasteiger partial charge < -0.3 is 15.0 Å². The average Bonchev–Trinajstić information content (AvgIpc) is 2.83. The van der Waals surface area contributed by atoms with E-state index in [1.165, 1.54) is 0 Å². The zero-order valence-corrected chi connectivity index (χ0v) is 19.9. The minimum Gasteiger partial charge on any atom is -0.484 e. The van der Waals surface area contributed by atoms with Crippen LogP contribution in [0.1, 0.15) is 22.3 Å². The average molecular weight is 465 g/mol. The van der Waals surface area contributed by atoms with E-state index in [4.69, 9.17) is 16.3 Å². The zero-order valence-electron chi connectivity index (χ0n) is 19.2. The highest BCUT2D eigenvalue weighted by Gasteiger charge is 2.30. The lowest BCUT2D eigenvalue weighted by Crippen LogP contribution is -2.51. The van der Waals surface area contributed by atoms with Crippen molar-refractivity contribution in [3.8, 4) is 5.75 Å². The van der Waals surface area contributed by atoms with Crippen molar-refractivity contribution in [1.29, 1.82) is 0 Å². The molecule has 5 nitrogen and oxygen atoms in total. The number of carbonyl (C=O) groups is 2. The van der Waals surface area contributed by atoms with Gasteiger partial charge in [0.05, 0.1) is 0 Å². The van der Waals surface area contributed by atoms with Gasteiger partial charge in [-0.25, -0.2) is 0 Å². The SMILES string of the molecule is CNC(=O)C(Cc1ccccc1)N(Cc1ccccc1Cl)C(=O)COc1ccc(C)c(C)c1. The third kappa shape index (κ3) is 6.59. The highest BCUT2D eigenvalue weighted by molar-refractivity contribution is 6.31. The maximum absolute atomic E-state index is 13.4. The Hall–Kier alpha value is -3.31. The summed E-state index contributed by atoms with van der Waals surface area (Å²) in [5, 5.41) is 3.24.